The molecule has 0 heterocycles. The average Bonchev–Trinajstić information content (AvgIpc) is 2.23. The Morgan fingerprint density at radius 3 is 2.88 bits per heavy atom. The molecule has 0 aliphatic carbocycles. The highest BCUT2D eigenvalue weighted by Gasteiger charge is 2.01. The quantitative estimate of drug-likeness (QED) is 0.788. The maximum absolute atomic E-state index is 10.3. The smallest absolute Gasteiger partial charge is 0.303 e. The number of hydrogen-bond donors (Lipinski definition) is 2. The van der Waals surface area contributed by atoms with Crippen molar-refractivity contribution < 1.29 is 9.90 Å². The Kier molecular flexibility index (Phi) is 5.32. The summed E-state index contributed by atoms with van der Waals surface area (Å²) in [5.74, 6) is -0.723. The minimum absolute atomic E-state index is 0.249. The number of carboxylic acid groups (broad SMARTS) is 1. The van der Waals surface area contributed by atoms with Gasteiger partial charge in [0.25, 0.3) is 0 Å². The SMILES string of the molecule is Cc1c(Br)cccc1NCCCCC(=O)O. The Bertz CT molecular complexity index is 366. The zero-order valence-corrected chi connectivity index (χ0v) is 10.9. The monoisotopic (exact) mass is 285 g/mol. The number of halogens is 1. The van der Waals surface area contributed by atoms with Crippen molar-refractivity contribution in [2.75, 3.05) is 11.9 Å². The van der Waals surface area contributed by atoms with Gasteiger partial charge in [0.15, 0.2) is 0 Å². The number of carbonyl (C=O) groups is 1. The van der Waals surface area contributed by atoms with Gasteiger partial charge in [0, 0.05) is 23.1 Å². The molecule has 0 bridgehead atoms. The molecule has 1 aromatic rings. The summed E-state index contributed by atoms with van der Waals surface area (Å²) in [5.41, 5.74) is 2.28. The molecule has 0 aliphatic heterocycles. The van der Waals surface area contributed by atoms with Gasteiger partial charge in [0.05, 0.1) is 0 Å². The summed E-state index contributed by atoms with van der Waals surface area (Å²) < 4.78 is 1.09. The van der Waals surface area contributed by atoms with Crippen LogP contribution in [0.25, 0.3) is 0 Å². The Morgan fingerprint density at radius 1 is 1.44 bits per heavy atom. The fraction of sp³-hybridized carbons (Fsp3) is 0.417. The summed E-state index contributed by atoms with van der Waals surface area (Å²) >= 11 is 3.47. The predicted molar refractivity (Wildman–Crippen MR) is 68.9 cm³/mol. The Hall–Kier alpha value is -1.03. The number of rotatable bonds is 6. The van der Waals surface area contributed by atoms with E-state index in [1.165, 1.54) is 5.56 Å². The third-order valence-corrected chi connectivity index (χ3v) is 3.26. The number of benzene rings is 1. The second-order valence-corrected chi connectivity index (χ2v) is 4.54. The minimum Gasteiger partial charge on any atom is -0.481 e. The third-order valence-electron chi connectivity index (χ3n) is 2.40. The normalized spacial score (nSPS) is 10.1. The van der Waals surface area contributed by atoms with Crippen molar-refractivity contribution in [1.82, 2.24) is 0 Å². The van der Waals surface area contributed by atoms with Crippen LogP contribution in [0.5, 0.6) is 0 Å². The summed E-state index contributed by atoms with van der Waals surface area (Å²) in [6.45, 7) is 2.86. The van der Waals surface area contributed by atoms with Gasteiger partial charge < -0.3 is 10.4 Å². The van der Waals surface area contributed by atoms with Crippen LogP contribution in [0.3, 0.4) is 0 Å². The van der Waals surface area contributed by atoms with E-state index in [9.17, 15) is 4.79 Å². The summed E-state index contributed by atoms with van der Waals surface area (Å²) in [4.78, 5) is 10.3. The first-order valence-electron chi connectivity index (χ1n) is 5.32. The fourth-order valence-corrected chi connectivity index (χ4v) is 1.79. The van der Waals surface area contributed by atoms with Crippen molar-refractivity contribution in [3.63, 3.8) is 0 Å². The average molecular weight is 286 g/mol. The molecule has 1 aromatic carbocycles. The van der Waals surface area contributed by atoms with Gasteiger partial charge in [-0.1, -0.05) is 22.0 Å². The molecule has 0 atom stereocenters. The lowest BCUT2D eigenvalue weighted by atomic mass is 10.2. The van der Waals surface area contributed by atoms with Crippen molar-refractivity contribution in [2.24, 2.45) is 0 Å². The zero-order chi connectivity index (χ0) is 12.0. The van der Waals surface area contributed by atoms with Crippen LogP contribution in [-0.2, 0) is 4.79 Å². The second kappa shape index (κ2) is 6.53. The molecule has 4 heteroatoms. The van der Waals surface area contributed by atoms with E-state index in [4.69, 9.17) is 5.11 Å². The molecule has 0 spiro atoms. The summed E-state index contributed by atoms with van der Waals surface area (Å²) in [6, 6.07) is 6.01. The molecule has 0 amide bonds. The standard InChI is InChI=1S/C12H16BrNO2/c1-9-10(13)5-4-6-11(9)14-8-3-2-7-12(15)16/h4-6,14H,2-3,7-8H2,1H3,(H,15,16). The van der Waals surface area contributed by atoms with Crippen LogP contribution in [0, 0.1) is 6.92 Å². The van der Waals surface area contributed by atoms with Crippen molar-refractivity contribution in [3.8, 4) is 0 Å². The van der Waals surface area contributed by atoms with E-state index in [-0.39, 0.29) is 6.42 Å². The van der Waals surface area contributed by atoms with Gasteiger partial charge in [0.2, 0.25) is 0 Å². The molecule has 0 aliphatic rings. The molecule has 0 unspecified atom stereocenters. The van der Waals surface area contributed by atoms with Crippen LogP contribution in [0.4, 0.5) is 5.69 Å². The lowest BCUT2D eigenvalue weighted by molar-refractivity contribution is -0.137. The van der Waals surface area contributed by atoms with E-state index >= 15 is 0 Å². The van der Waals surface area contributed by atoms with Crippen molar-refractivity contribution in [1.29, 1.82) is 0 Å². The first kappa shape index (κ1) is 13.0. The summed E-state index contributed by atoms with van der Waals surface area (Å²) in [5, 5.41) is 11.8. The number of anilines is 1. The van der Waals surface area contributed by atoms with Crippen molar-refractivity contribution in [2.45, 2.75) is 26.2 Å². The van der Waals surface area contributed by atoms with Gasteiger partial charge in [0.1, 0.15) is 0 Å². The first-order chi connectivity index (χ1) is 7.61. The van der Waals surface area contributed by atoms with E-state index in [0.29, 0.717) is 0 Å². The highest BCUT2D eigenvalue weighted by Crippen LogP contribution is 2.23. The van der Waals surface area contributed by atoms with Crippen LogP contribution in [0.2, 0.25) is 0 Å². The molecule has 0 saturated heterocycles. The van der Waals surface area contributed by atoms with E-state index < -0.39 is 5.97 Å². The third kappa shape index (κ3) is 4.23. The van der Waals surface area contributed by atoms with Gasteiger partial charge >= 0.3 is 5.97 Å². The highest BCUT2D eigenvalue weighted by molar-refractivity contribution is 9.10. The van der Waals surface area contributed by atoms with Crippen molar-refractivity contribution >= 4 is 27.6 Å². The number of unbranched alkanes of at least 4 members (excludes halogenated alkanes) is 1. The number of aliphatic carboxylic acids is 1. The Morgan fingerprint density at radius 2 is 2.19 bits per heavy atom. The molecule has 1 rings (SSSR count). The Balaban J connectivity index is 2.32. The topological polar surface area (TPSA) is 49.3 Å². The molecule has 16 heavy (non-hydrogen) atoms. The first-order valence-corrected chi connectivity index (χ1v) is 6.11. The molecule has 0 fully saturated rings. The number of nitrogens with one attached hydrogen (secondary N) is 1. The molecule has 0 saturated carbocycles. The number of hydrogen-bond acceptors (Lipinski definition) is 2. The zero-order valence-electron chi connectivity index (χ0n) is 9.29. The second-order valence-electron chi connectivity index (χ2n) is 3.69. The molecular weight excluding hydrogens is 270 g/mol. The van der Waals surface area contributed by atoms with Gasteiger partial charge in [-0.3, -0.25) is 4.79 Å². The maximum atomic E-state index is 10.3. The molecule has 0 aromatic heterocycles. The van der Waals surface area contributed by atoms with Gasteiger partial charge in [-0.15, -0.1) is 0 Å². The van der Waals surface area contributed by atoms with E-state index in [2.05, 4.69) is 21.2 Å². The molecular formula is C12H16BrNO2. The fourth-order valence-electron chi connectivity index (χ4n) is 1.42. The maximum Gasteiger partial charge on any atom is 0.303 e. The largest absolute Gasteiger partial charge is 0.481 e. The van der Waals surface area contributed by atoms with Gasteiger partial charge in [-0.25, -0.2) is 0 Å². The minimum atomic E-state index is -0.723. The van der Waals surface area contributed by atoms with Crippen LogP contribution in [0.15, 0.2) is 22.7 Å². The van der Waals surface area contributed by atoms with Crippen molar-refractivity contribution in [3.05, 3.63) is 28.2 Å². The number of carboxylic acids is 1. The summed E-state index contributed by atoms with van der Waals surface area (Å²) in [7, 11) is 0. The molecule has 3 nitrogen and oxygen atoms in total. The molecule has 88 valence electrons. The predicted octanol–water partition coefficient (Wildman–Crippen LogP) is 3.42. The van der Waals surface area contributed by atoms with E-state index in [1.54, 1.807) is 0 Å². The van der Waals surface area contributed by atoms with E-state index in [0.717, 1.165) is 29.5 Å². The van der Waals surface area contributed by atoms with Gasteiger partial charge in [-0.05, 0) is 37.5 Å². The lowest BCUT2D eigenvalue weighted by Crippen LogP contribution is -2.04. The molecule has 0 radical (unpaired) electrons. The van der Waals surface area contributed by atoms with Crippen LogP contribution in [0.1, 0.15) is 24.8 Å². The van der Waals surface area contributed by atoms with Crippen LogP contribution in [-0.4, -0.2) is 17.6 Å². The van der Waals surface area contributed by atoms with Crippen LogP contribution >= 0.6 is 15.9 Å². The van der Waals surface area contributed by atoms with E-state index in [1.807, 2.05) is 25.1 Å². The Labute approximate surface area is 104 Å². The highest BCUT2D eigenvalue weighted by atomic mass is 79.9. The van der Waals surface area contributed by atoms with Crippen LogP contribution < -0.4 is 5.32 Å². The van der Waals surface area contributed by atoms with Gasteiger partial charge in [-0.2, -0.15) is 0 Å². The summed E-state index contributed by atoms with van der Waals surface area (Å²) in [6.07, 6.45) is 1.84. The molecule has 2 N–H and O–H groups in total. The lowest BCUT2D eigenvalue weighted by Gasteiger charge is -2.10.